The lowest BCUT2D eigenvalue weighted by Gasteiger charge is -2.09. The van der Waals surface area contributed by atoms with Gasteiger partial charge in [0.05, 0.1) is 23.7 Å². The normalized spacial score (nSPS) is 11.1. The zero-order valence-electron chi connectivity index (χ0n) is 13.2. The maximum atomic E-state index is 5.52. The molecular weight excluding hydrogens is 455 g/mol. The molecule has 24 heavy (non-hydrogen) atoms. The molecule has 0 saturated carbocycles. The van der Waals surface area contributed by atoms with Crippen LogP contribution in [-0.4, -0.2) is 17.5 Å². The number of thiophene rings is 2. The highest BCUT2D eigenvalue weighted by molar-refractivity contribution is 14.0. The van der Waals surface area contributed by atoms with Crippen LogP contribution in [0, 0.1) is 0 Å². The number of aromatic nitrogens is 1. The molecule has 0 spiro atoms. The molecule has 128 valence electrons. The topological polar surface area (TPSA) is 62.5 Å². The molecule has 0 aliphatic rings. The Hall–Kier alpha value is -1.39. The van der Waals surface area contributed by atoms with E-state index in [9.17, 15) is 0 Å². The molecule has 0 radical (unpaired) electrons. The van der Waals surface area contributed by atoms with E-state index < -0.39 is 0 Å². The van der Waals surface area contributed by atoms with Gasteiger partial charge in [0, 0.05) is 6.54 Å². The van der Waals surface area contributed by atoms with E-state index >= 15 is 0 Å². The van der Waals surface area contributed by atoms with E-state index in [1.807, 2.05) is 24.4 Å². The van der Waals surface area contributed by atoms with E-state index in [0.717, 1.165) is 23.1 Å². The van der Waals surface area contributed by atoms with Crippen LogP contribution in [0.25, 0.3) is 10.8 Å². The summed E-state index contributed by atoms with van der Waals surface area (Å²) in [5.41, 5.74) is 2.07. The Kier molecular flexibility index (Phi) is 7.73. The summed E-state index contributed by atoms with van der Waals surface area (Å²) >= 11 is 3.30. The Morgan fingerprint density at radius 1 is 1.29 bits per heavy atom. The van der Waals surface area contributed by atoms with Gasteiger partial charge in [0.25, 0.3) is 0 Å². The molecular formula is C16H19IN4OS2. The van der Waals surface area contributed by atoms with Gasteiger partial charge >= 0.3 is 0 Å². The molecule has 3 aromatic rings. The number of halogens is 1. The average Bonchev–Trinajstić information content (AvgIpc) is 3.32. The van der Waals surface area contributed by atoms with Gasteiger partial charge in [-0.05, 0) is 40.8 Å². The number of nitrogens with zero attached hydrogens (tertiary/aromatic N) is 2. The number of hydrogen-bond acceptors (Lipinski definition) is 5. The van der Waals surface area contributed by atoms with Crippen LogP contribution < -0.4 is 10.6 Å². The summed E-state index contributed by atoms with van der Waals surface area (Å²) in [4.78, 5) is 10.1. The minimum absolute atomic E-state index is 0. The van der Waals surface area contributed by atoms with Gasteiger partial charge in [0.15, 0.2) is 5.96 Å². The van der Waals surface area contributed by atoms with Crippen LogP contribution in [0.15, 0.2) is 50.0 Å². The Labute approximate surface area is 166 Å². The van der Waals surface area contributed by atoms with Crippen LogP contribution in [0.1, 0.15) is 18.2 Å². The van der Waals surface area contributed by atoms with Crippen molar-refractivity contribution in [3.05, 3.63) is 51.9 Å². The van der Waals surface area contributed by atoms with Crippen molar-refractivity contribution in [3.8, 4) is 10.8 Å². The minimum Gasteiger partial charge on any atom is -0.443 e. The van der Waals surface area contributed by atoms with E-state index in [-0.39, 0.29) is 24.0 Å². The van der Waals surface area contributed by atoms with Crippen molar-refractivity contribution in [3.63, 3.8) is 0 Å². The quantitative estimate of drug-likeness (QED) is 0.317. The lowest BCUT2D eigenvalue weighted by molar-refractivity contribution is 0.573. The molecule has 0 aliphatic carbocycles. The molecule has 0 unspecified atom stereocenters. The molecule has 3 aromatic heterocycles. The maximum Gasteiger partial charge on any atom is 0.236 e. The van der Waals surface area contributed by atoms with Gasteiger partial charge < -0.3 is 15.1 Å². The smallest absolute Gasteiger partial charge is 0.236 e. The predicted molar refractivity (Wildman–Crippen MR) is 111 cm³/mol. The zero-order chi connectivity index (χ0) is 15.9. The molecule has 0 saturated heterocycles. The van der Waals surface area contributed by atoms with Crippen LogP contribution in [0.3, 0.4) is 0 Å². The Morgan fingerprint density at radius 3 is 2.92 bits per heavy atom. The van der Waals surface area contributed by atoms with E-state index in [1.165, 1.54) is 5.56 Å². The highest BCUT2D eigenvalue weighted by Crippen LogP contribution is 2.23. The average molecular weight is 474 g/mol. The second kappa shape index (κ2) is 9.80. The third kappa shape index (κ3) is 5.32. The molecule has 8 heteroatoms. The Bertz CT molecular complexity index is 738. The summed E-state index contributed by atoms with van der Waals surface area (Å²) in [5.74, 6) is 1.44. The molecule has 0 aliphatic heterocycles. The zero-order valence-corrected chi connectivity index (χ0v) is 17.2. The third-order valence-electron chi connectivity index (χ3n) is 3.06. The number of guanidine groups is 1. The van der Waals surface area contributed by atoms with Crippen molar-refractivity contribution in [2.24, 2.45) is 4.99 Å². The van der Waals surface area contributed by atoms with E-state index in [0.29, 0.717) is 19.0 Å². The SMILES string of the molecule is CCNC(=NCc1ccsc1)NCc1coc(-c2cccs2)n1.I. The molecule has 0 atom stereocenters. The first-order valence-corrected chi connectivity index (χ1v) is 9.19. The second-order valence-electron chi connectivity index (χ2n) is 4.80. The van der Waals surface area contributed by atoms with Crippen LogP contribution in [-0.2, 0) is 13.1 Å². The molecule has 3 rings (SSSR count). The standard InChI is InChI=1S/C16H18N4OS2.HI/c1-2-17-16(18-8-12-5-7-22-11-12)19-9-13-10-21-15(20-13)14-4-3-6-23-14;/h3-7,10-11H,2,8-9H2,1H3,(H2,17,18,19);1H. The predicted octanol–water partition coefficient (Wildman–Crippen LogP) is 4.34. The van der Waals surface area contributed by atoms with Crippen molar-refractivity contribution in [1.29, 1.82) is 0 Å². The van der Waals surface area contributed by atoms with Crippen molar-refractivity contribution < 1.29 is 4.42 Å². The summed E-state index contributed by atoms with van der Waals surface area (Å²) in [7, 11) is 0. The van der Waals surface area contributed by atoms with Gasteiger partial charge in [-0.2, -0.15) is 11.3 Å². The van der Waals surface area contributed by atoms with Gasteiger partial charge in [-0.25, -0.2) is 9.98 Å². The highest BCUT2D eigenvalue weighted by Gasteiger charge is 2.08. The summed E-state index contributed by atoms with van der Waals surface area (Å²) < 4.78 is 5.52. The summed E-state index contributed by atoms with van der Waals surface area (Å²) in [6.07, 6.45) is 1.69. The molecule has 0 bridgehead atoms. The first kappa shape index (κ1) is 18.9. The molecule has 3 heterocycles. The van der Waals surface area contributed by atoms with Crippen LogP contribution >= 0.6 is 46.7 Å². The first-order chi connectivity index (χ1) is 11.3. The maximum absolute atomic E-state index is 5.52. The van der Waals surface area contributed by atoms with Crippen LogP contribution in [0.2, 0.25) is 0 Å². The molecule has 0 fully saturated rings. The minimum atomic E-state index is 0. The molecule has 2 N–H and O–H groups in total. The molecule has 5 nitrogen and oxygen atoms in total. The van der Waals surface area contributed by atoms with Gasteiger partial charge in [-0.15, -0.1) is 35.3 Å². The van der Waals surface area contributed by atoms with Gasteiger partial charge in [-0.3, -0.25) is 0 Å². The van der Waals surface area contributed by atoms with Crippen LogP contribution in [0.4, 0.5) is 0 Å². The second-order valence-corrected chi connectivity index (χ2v) is 6.53. The fourth-order valence-electron chi connectivity index (χ4n) is 1.97. The van der Waals surface area contributed by atoms with Crippen molar-refractivity contribution in [2.75, 3.05) is 6.54 Å². The highest BCUT2D eigenvalue weighted by atomic mass is 127. The van der Waals surface area contributed by atoms with Crippen molar-refractivity contribution in [2.45, 2.75) is 20.0 Å². The lowest BCUT2D eigenvalue weighted by Crippen LogP contribution is -2.36. The third-order valence-corrected chi connectivity index (χ3v) is 4.65. The summed E-state index contributed by atoms with van der Waals surface area (Å²) in [6, 6.07) is 6.07. The van der Waals surface area contributed by atoms with Gasteiger partial charge in [0.2, 0.25) is 5.89 Å². The van der Waals surface area contributed by atoms with Gasteiger partial charge in [-0.1, -0.05) is 6.07 Å². The number of rotatable bonds is 6. The summed E-state index contributed by atoms with van der Waals surface area (Å²) in [5, 5.41) is 12.7. The van der Waals surface area contributed by atoms with Crippen LogP contribution in [0.5, 0.6) is 0 Å². The Morgan fingerprint density at radius 2 is 2.21 bits per heavy atom. The number of oxazole rings is 1. The number of aliphatic imine (C=N–C) groups is 1. The number of nitrogens with one attached hydrogen (secondary N) is 2. The van der Waals surface area contributed by atoms with E-state index in [2.05, 4.69) is 37.4 Å². The van der Waals surface area contributed by atoms with E-state index in [1.54, 1.807) is 28.9 Å². The fourth-order valence-corrected chi connectivity index (χ4v) is 3.29. The molecule has 0 aromatic carbocycles. The largest absolute Gasteiger partial charge is 0.443 e. The fraction of sp³-hybridized carbons (Fsp3) is 0.250. The van der Waals surface area contributed by atoms with Gasteiger partial charge in [0.1, 0.15) is 6.26 Å². The Balaban J connectivity index is 0.00000208. The monoisotopic (exact) mass is 474 g/mol. The van der Waals surface area contributed by atoms with Crippen molar-refractivity contribution >= 4 is 52.6 Å². The summed E-state index contributed by atoms with van der Waals surface area (Å²) in [6.45, 7) is 4.10. The van der Waals surface area contributed by atoms with Crippen molar-refractivity contribution in [1.82, 2.24) is 15.6 Å². The first-order valence-electron chi connectivity index (χ1n) is 7.36. The molecule has 0 amide bonds. The number of hydrogen-bond donors (Lipinski definition) is 2. The van der Waals surface area contributed by atoms with E-state index in [4.69, 9.17) is 4.42 Å². The lowest BCUT2D eigenvalue weighted by atomic mass is 10.3.